The summed E-state index contributed by atoms with van der Waals surface area (Å²) in [5.74, 6) is -5.95. The van der Waals surface area contributed by atoms with Gasteiger partial charge in [-0.1, -0.05) is 31.5 Å². The summed E-state index contributed by atoms with van der Waals surface area (Å²) in [6, 6.07) is 0.941. The number of thiazole rings is 1. The zero-order valence-corrected chi connectivity index (χ0v) is 21.0. The van der Waals surface area contributed by atoms with Crippen molar-refractivity contribution in [2.75, 3.05) is 20.2 Å². The summed E-state index contributed by atoms with van der Waals surface area (Å²) in [6.45, 7) is 1.18. The Balaban J connectivity index is 1.87. The third-order valence-electron chi connectivity index (χ3n) is 6.41. The fraction of sp³-hybridized carbons (Fsp3) is 0.391. The third-order valence-corrected chi connectivity index (χ3v) is 7.52. The number of carboxylic acid groups (broad SMARTS) is 1. The molecule has 0 amide bonds. The van der Waals surface area contributed by atoms with Gasteiger partial charge >= 0.3 is 11.9 Å². The van der Waals surface area contributed by atoms with E-state index >= 15 is 0 Å². The number of carboxylic acids is 1. The SMILES string of the molecule is COC(=O)C1=C(CN2CC(F)(F)C(C)(C)C2C(=O)O)NC(c2nccs2)=NC1c1ccc(F)cc1Cl. The number of carbonyl (C=O) groups excluding carboxylic acids is 1. The Hall–Kier alpha value is -2.96. The molecule has 4 rings (SSSR count). The summed E-state index contributed by atoms with van der Waals surface area (Å²) >= 11 is 7.54. The van der Waals surface area contributed by atoms with E-state index in [0.29, 0.717) is 5.01 Å². The molecule has 13 heteroatoms. The molecule has 0 spiro atoms. The molecule has 36 heavy (non-hydrogen) atoms. The number of esters is 1. The lowest BCUT2D eigenvalue weighted by Gasteiger charge is -2.32. The lowest BCUT2D eigenvalue weighted by Crippen LogP contribution is -2.48. The second kappa shape index (κ2) is 9.49. The molecular weight excluding hydrogens is 521 g/mol. The van der Waals surface area contributed by atoms with Gasteiger partial charge in [0.2, 0.25) is 0 Å². The van der Waals surface area contributed by atoms with Gasteiger partial charge in [-0.15, -0.1) is 11.3 Å². The number of nitrogens with zero attached hydrogens (tertiary/aromatic N) is 3. The summed E-state index contributed by atoms with van der Waals surface area (Å²) in [5.41, 5.74) is -1.57. The van der Waals surface area contributed by atoms with E-state index in [1.54, 1.807) is 5.38 Å². The third kappa shape index (κ3) is 4.48. The smallest absolute Gasteiger partial charge is 0.338 e. The Morgan fingerprint density at radius 3 is 2.67 bits per heavy atom. The van der Waals surface area contributed by atoms with Crippen molar-refractivity contribution < 1.29 is 32.6 Å². The van der Waals surface area contributed by atoms with Crippen molar-refractivity contribution in [2.24, 2.45) is 10.4 Å². The largest absolute Gasteiger partial charge is 0.480 e. The van der Waals surface area contributed by atoms with Gasteiger partial charge in [-0.25, -0.2) is 22.9 Å². The van der Waals surface area contributed by atoms with Gasteiger partial charge in [0, 0.05) is 34.4 Å². The van der Waals surface area contributed by atoms with Gasteiger partial charge in [0.1, 0.15) is 17.9 Å². The number of halogens is 4. The van der Waals surface area contributed by atoms with Gasteiger partial charge in [-0.05, 0) is 12.1 Å². The molecule has 2 N–H and O–H groups in total. The quantitative estimate of drug-likeness (QED) is 0.534. The Morgan fingerprint density at radius 1 is 1.36 bits per heavy atom. The van der Waals surface area contributed by atoms with Crippen molar-refractivity contribution in [3.63, 3.8) is 0 Å². The summed E-state index contributed by atoms with van der Waals surface area (Å²) in [7, 11) is 1.14. The number of carbonyl (C=O) groups is 2. The minimum absolute atomic E-state index is 0.0119. The molecule has 0 bridgehead atoms. The molecule has 2 unspecified atom stereocenters. The average molecular weight is 543 g/mol. The zero-order valence-electron chi connectivity index (χ0n) is 19.4. The number of likely N-dealkylation sites (tertiary alicyclic amines) is 1. The van der Waals surface area contributed by atoms with Crippen LogP contribution in [-0.4, -0.2) is 64.9 Å². The first-order valence-electron chi connectivity index (χ1n) is 10.7. The normalized spacial score (nSPS) is 23.2. The number of aliphatic carboxylic acids is 1. The van der Waals surface area contributed by atoms with Crippen molar-refractivity contribution in [2.45, 2.75) is 31.9 Å². The van der Waals surface area contributed by atoms with E-state index in [-0.39, 0.29) is 34.2 Å². The topological polar surface area (TPSA) is 104 Å². The lowest BCUT2D eigenvalue weighted by molar-refractivity contribution is -0.149. The number of aromatic nitrogens is 1. The first-order chi connectivity index (χ1) is 16.9. The van der Waals surface area contributed by atoms with Crippen molar-refractivity contribution in [3.05, 3.63) is 62.5 Å². The molecule has 2 aliphatic rings. The molecule has 192 valence electrons. The highest BCUT2D eigenvalue weighted by Gasteiger charge is 2.63. The molecule has 1 aromatic heterocycles. The second-order valence-corrected chi connectivity index (χ2v) is 10.3. The van der Waals surface area contributed by atoms with Gasteiger partial charge in [0.25, 0.3) is 5.92 Å². The molecule has 2 aliphatic heterocycles. The van der Waals surface area contributed by atoms with Crippen LogP contribution in [0.5, 0.6) is 0 Å². The molecule has 1 aromatic carbocycles. The van der Waals surface area contributed by atoms with Crippen LogP contribution in [0.4, 0.5) is 13.2 Å². The van der Waals surface area contributed by atoms with Gasteiger partial charge in [-0.3, -0.25) is 14.7 Å². The van der Waals surface area contributed by atoms with Crippen LogP contribution < -0.4 is 5.32 Å². The van der Waals surface area contributed by atoms with E-state index < -0.39 is 47.7 Å². The van der Waals surface area contributed by atoms with Crippen LogP contribution in [0.25, 0.3) is 0 Å². The van der Waals surface area contributed by atoms with Crippen LogP contribution in [0.3, 0.4) is 0 Å². The molecule has 0 aliphatic carbocycles. The zero-order chi connectivity index (χ0) is 26.4. The Kier molecular flexibility index (Phi) is 6.88. The number of nitrogens with one attached hydrogen (secondary N) is 1. The highest BCUT2D eigenvalue weighted by Crippen LogP contribution is 2.48. The number of hydrogen-bond acceptors (Lipinski definition) is 8. The second-order valence-electron chi connectivity index (χ2n) is 8.96. The molecule has 3 heterocycles. The predicted octanol–water partition coefficient (Wildman–Crippen LogP) is 3.88. The number of hydrogen-bond donors (Lipinski definition) is 2. The van der Waals surface area contributed by atoms with Crippen molar-refractivity contribution in [1.29, 1.82) is 0 Å². The van der Waals surface area contributed by atoms with Crippen molar-refractivity contribution >= 4 is 40.7 Å². The number of ether oxygens (including phenoxy) is 1. The maximum Gasteiger partial charge on any atom is 0.338 e. The summed E-state index contributed by atoms with van der Waals surface area (Å²) in [4.78, 5) is 34.9. The number of benzene rings is 1. The molecule has 2 aromatic rings. The molecule has 1 saturated heterocycles. The van der Waals surface area contributed by atoms with Crippen molar-refractivity contribution in [1.82, 2.24) is 15.2 Å². The summed E-state index contributed by atoms with van der Waals surface area (Å²) < 4.78 is 48.5. The molecule has 2 atom stereocenters. The molecular formula is C23H22ClF3N4O4S. The van der Waals surface area contributed by atoms with Crippen LogP contribution in [0.15, 0.2) is 46.0 Å². The maximum atomic E-state index is 14.9. The minimum atomic E-state index is -3.32. The molecule has 0 saturated carbocycles. The number of alkyl halides is 2. The summed E-state index contributed by atoms with van der Waals surface area (Å²) in [6.07, 6.45) is 1.54. The van der Waals surface area contributed by atoms with Crippen LogP contribution in [0.2, 0.25) is 5.02 Å². The van der Waals surface area contributed by atoms with E-state index in [2.05, 4.69) is 15.3 Å². The van der Waals surface area contributed by atoms with Crippen LogP contribution in [0, 0.1) is 11.2 Å². The van der Waals surface area contributed by atoms with Gasteiger partial charge in [0.05, 0.1) is 24.6 Å². The van der Waals surface area contributed by atoms with E-state index in [0.717, 1.165) is 24.1 Å². The molecule has 0 radical (unpaired) electrons. The van der Waals surface area contributed by atoms with Gasteiger partial charge < -0.3 is 15.2 Å². The van der Waals surface area contributed by atoms with Gasteiger partial charge in [-0.2, -0.15) is 0 Å². The Bertz CT molecular complexity index is 1270. The van der Waals surface area contributed by atoms with E-state index in [1.165, 1.54) is 37.4 Å². The predicted molar refractivity (Wildman–Crippen MR) is 127 cm³/mol. The number of methoxy groups -OCH3 is 1. The fourth-order valence-electron chi connectivity index (χ4n) is 4.49. The fourth-order valence-corrected chi connectivity index (χ4v) is 5.35. The first kappa shape index (κ1) is 26.1. The van der Waals surface area contributed by atoms with Crippen LogP contribution in [-0.2, 0) is 14.3 Å². The Morgan fingerprint density at radius 2 is 2.08 bits per heavy atom. The van der Waals surface area contributed by atoms with Crippen LogP contribution in [0.1, 0.15) is 30.5 Å². The molecule has 8 nitrogen and oxygen atoms in total. The van der Waals surface area contributed by atoms with E-state index in [1.807, 2.05) is 0 Å². The lowest BCUT2D eigenvalue weighted by atomic mass is 9.82. The summed E-state index contributed by atoms with van der Waals surface area (Å²) in [5, 5.41) is 14.9. The minimum Gasteiger partial charge on any atom is -0.480 e. The Labute approximate surface area is 213 Å². The highest BCUT2D eigenvalue weighted by atomic mass is 35.5. The number of aliphatic imine (C=N–C) groups is 1. The monoisotopic (exact) mass is 542 g/mol. The maximum absolute atomic E-state index is 14.9. The van der Waals surface area contributed by atoms with Crippen molar-refractivity contribution in [3.8, 4) is 0 Å². The van der Waals surface area contributed by atoms with E-state index in [9.17, 15) is 27.9 Å². The first-order valence-corrected chi connectivity index (χ1v) is 12.0. The number of rotatable bonds is 6. The number of amidine groups is 1. The molecule has 1 fully saturated rings. The van der Waals surface area contributed by atoms with E-state index in [4.69, 9.17) is 16.3 Å². The van der Waals surface area contributed by atoms with Crippen LogP contribution >= 0.6 is 22.9 Å². The van der Waals surface area contributed by atoms with Gasteiger partial charge in [0.15, 0.2) is 10.8 Å². The average Bonchev–Trinajstić information content (AvgIpc) is 3.37. The standard InChI is InChI=1S/C23H22ClF3N4O4S/c1-22(2)17(20(32)33)31(10-23(22,26)27)9-14-15(21(34)35-3)16(12-5-4-11(25)8-13(12)24)30-18(29-14)19-28-6-7-36-19/h4-8,16-17H,9-10H2,1-3H3,(H,29,30)(H,32,33). The highest BCUT2D eigenvalue weighted by molar-refractivity contribution is 7.11.